The third-order valence-corrected chi connectivity index (χ3v) is 4.24. The van der Waals surface area contributed by atoms with Crippen molar-refractivity contribution in [3.05, 3.63) is 51.7 Å². The van der Waals surface area contributed by atoms with Gasteiger partial charge in [0.05, 0.1) is 35.8 Å². The standard InChI is InChI=1S/C15H16N6O2/c22-14-3-6-20(15(23)19-14)12-8-17-9-13-11(12)7-18-21(13)10-1-4-16-5-2-10/h3,6-10,16H,1-2,4-5H2,(H,19,22,23). The number of piperidine rings is 1. The van der Waals surface area contributed by atoms with Crippen LogP contribution in [0.5, 0.6) is 0 Å². The Bertz CT molecular complexity index is 964. The molecule has 4 rings (SSSR count). The second-order valence-corrected chi connectivity index (χ2v) is 5.64. The summed E-state index contributed by atoms with van der Waals surface area (Å²) in [4.78, 5) is 29.8. The van der Waals surface area contributed by atoms with Gasteiger partial charge in [-0.25, -0.2) is 4.79 Å². The maximum Gasteiger partial charge on any atom is 0.332 e. The summed E-state index contributed by atoms with van der Waals surface area (Å²) in [6, 6.07) is 1.65. The van der Waals surface area contributed by atoms with Crippen LogP contribution in [0.4, 0.5) is 0 Å². The Hall–Kier alpha value is -2.74. The maximum absolute atomic E-state index is 12.0. The van der Waals surface area contributed by atoms with E-state index in [1.54, 1.807) is 18.6 Å². The average Bonchev–Trinajstić information content (AvgIpc) is 3.00. The SMILES string of the molecule is O=c1ccn(-c2cncc3c2cnn3C2CCNCC2)c(=O)[nH]1. The molecule has 0 aromatic carbocycles. The number of pyridine rings is 1. The number of aromatic amines is 1. The lowest BCUT2D eigenvalue weighted by atomic mass is 10.1. The first-order valence-corrected chi connectivity index (χ1v) is 7.58. The van der Waals surface area contributed by atoms with Crippen molar-refractivity contribution in [2.24, 2.45) is 0 Å². The van der Waals surface area contributed by atoms with Gasteiger partial charge in [0.1, 0.15) is 0 Å². The largest absolute Gasteiger partial charge is 0.332 e. The van der Waals surface area contributed by atoms with Crippen molar-refractivity contribution in [2.75, 3.05) is 13.1 Å². The molecule has 0 aliphatic carbocycles. The molecule has 23 heavy (non-hydrogen) atoms. The maximum atomic E-state index is 12.0. The van der Waals surface area contributed by atoms with Gasteiger partial charge >= 0.3 is 5.69 Å². The van der Waals surface area contributed by atoms with Crippen LogP contribution in [0.2, 0.25) is 0 Å². The van der Waals surface area contributed by atoms with Crippen LogP contribution in [0.25, 0.3) is 16.6 Å². The highest BCUT2D eigenvalue weighted by molar-refractivity contribution is 5.86. The number of H-pyrrole nitrogens is 1. The molecule has 3 aromatic heterocycles. The molecule has 4 heterocycles. The van der Waals surface area contributed by atoms with Crippen LogP contribution in [-0.2, 0) is 0 Å². The lowest BCUT2D eigenvalue weighted by Crippen LogP contribution is -2.29. The second-order valence-electron chi connectivity index (χ2n) is 5.64. The molecule has 3 aromatic rings. The third-order valence-electron chi connectivity index (χ3n) is 4.24. The van der Waals surface area contributed by atoms with Crippen LogP contribution >= 0.6 is 0 Å². The Labute approximate surface area is 130 Å². The minimum absolute atomic E-state index is 0.332. The Morgan fingerprint density at radius 3 is 2.74 bits per heavy atom. The number of aromatic nitrogens is 5. The van der Waals surface area contributed by atoms with E-state index in [-0.39, 0.29) is 0 Å². The third kappa shape index (κ3) is 2.36. The fourth-order valence-electron chi connectivity index (χ4n) is 3.09. The van der Waals surface area contributed by atoms with E-state index in [9.17, 15) is 9.59 Å². The van der Waals surface area contributed by atoms with Crippen molar-refractivity contribution < 1.29 is 0 Å². The summed E-state index contributed by atoms with van der Waals surface area (Å²) in [6.07, 6.45) is 8.62. The van der Waals surface area contributed by atoms with Gasteiger partial charge in [-0.3, -0.25) is 24.0 Å². The zero-order chi connectivity index (χ0) is 15.8. The van der Waals surface area contributed by atoms with Gasteiger partial charge in [-0.2, -0.15) is 5.10 Å². The summed E-state index contributed by atoms with van der Waals surface area (Å²) in [5, 5.41) is 8.69. The fraction of sp³-hybridized carbons (Fsp3) is 0.333. The monoisotopic (exact) mass is 312 g/mol. The lowest BCUT2D eigenvalue weighted by molar-refractivity contribution is 0.351. The number of rotatable bonds is 2. The van der Waals surface area contributed by atoms with Crippen molar-refractivity contribution in [1.29, 1.82) is 0 Å². The van der Waals surface area contributed by atoms with Crippen LogP contribution in [0.15, 0.2) is 40.4 Å². The molecule has 0 radical (unpaired) electrons. The first-order valence-electron chi connectivity index (χ1n) is 7.58. The summed E-state index contributed by atoms with van der Waals surface area (Å²) in [5.74, 6) is 0. The molecule has 0 amide bonds. The molecule has 1 aliphatic rings. The predicted molar refractivity (Wildman–Crippen MR) is 84.9 cm³/mol. The molecule has 8 nitrogen and oxygen atoms in total. The van der Waals surface area contributed by atoms with E-state index in [1.807, 2.05) is 4.68 Å². The number of nitrogens with one attached hydrogen (secondary N) is 2. The minimum atomic E-state index is -0.485. The van der Waals surface area contributed by atoms with E-state index in [4.69, 9.17) is 0 Å². The van der Waals surface area contributed by atoms with E-state index in [0.717, 1.165) is 36.8 Å². The Kier molecular flexibility index (Phi) is 3.30. The van der Waals surface area contributed by atoms with Crippen LogP contribution in [0.1, 0.15) is 18.9 Å². The van der Waals surface area contributed by atoms with Gasteiger partial charge in [-0.15, -0.1) is 0 Å². The number of hydrogen-bond acceptors (Lipinski definition) is 5. The molecule has 8 heteroatoms. The minimum Gasteiger partial charge on any atom is -0.317 e. The average molecular weight is 312 g/mol. The zero-order valence-electron chi connectivity index (χ0n) is 12.4. The predicted octanol–water partition coefficient (Wildman–Crippen LogP) is 0.195. The highest BCUT2D eigenvalue weighted by Crippen LogP contribution is 2.26. The first-order chi connectivity index (χ1) is 11.2. The van der Waals surface area contributed by atoms with Crippen molar-refractivity contribution in [1.82, 2.24) is 29.6 Å². The fourth-order valence-corrected chi connectivity index (χ4v) is 3.09. The second kappa shape index (κ2) is 5.47. The van der Waals surface area contributed by atoms with E-state index in [2.05, 4.69) is 20.4 Å². The molecule has 0 spiro atoms. The van der Waals surface area contributed by atoms with Crippen LogP contribution in [-0.4, -0.2) is 37.4 Å². The van der Waals surface area contributed by atoms with Gasteiger partial charge in [-0.1, -0.05) is 0 Å². The number of fused-ring (bicyclic) bond motifs is 1. The van der Waals surface area contributed by atoms with Gasteiger partial charge in [0.15, 0.2) is 0 Å². The number of nitrogens with zero attached hydrogens (tertiary/aromatic N) is 4. The van der Waals surface area contributed by atoms with E-state index >= 15 is 0 Å². The Balaban J connectivity index is 1.87. The van der Waals surface area contributed by atoms with Crippen molar-refractivity contribution in [2.45, 2.75) is 18.9 Å². The topological polar surface area (TPSA) is 97.6 Å². The van der Waals surface area contributed by atoms with Gasteiger partial charge in [0.25, 0.3) is 5.56 Å². The Morgan fingerprint density at radius 1 is 1.13 bits per heavy atom. The summed E-state index contributed by atoms with van der Waals surface area (Å²) in [7, 11) is 0. The molecule has 0 unspecified atom stereocenters. The first kappa shape index (κ1) is 13.9. The van der Waals surface area contributed by atoms with E-state index < -0.39 is 11.2 Å². The van der Waals surface area contributed by atoms with Crippen molar-refractivity contribution in [3.63, 3.8) is 0 Å². The molecule has 0 atom stereocenters. The molecule has 0 bridgehead atoms. The van der Waals surface area contributed by atoms with Crippen LogP contribution in [0, 0.1) is 0 Å². The molecule has 1 fully saturated rings. The van der Waals surface area contributed by atoms with Gasteiger partial charge in [0.2, 0.25) is 0 Å². The molecular weight excluding hydrogens is 296 g/mol. The molecule has 2 N–H and O–H groups in total. The van der Waals surface area contributed by atoms with Gasteiger partial charge in [-0.05, 0) is 25.9 Å². The van der Waals surface area contributed by atoms with E-state index in [0.29, 0.717) is 11.7 Å². The highest BCUT2D eigenvalue weighted by Gasteiger charge is 2.19. The summed E-state index contributed by atoms with van der Waals surface area (Å²) in [5.41, 5.74) is 0.606. The van der Waals surface area contributed by atoms with E-state index in [1.165, 1.54) is 16.8 Å². The van der Waals surface area contributed by atoms with Crippen LogP contribution < -0.4 is 16.6 Å². The quantitative estimate of drug-likeness (QED) is 0.704. The number of hydrogen-bond donors (Lipinski definition) is 2. The van der Waals surface area contributed by atoms with Gasteiger partial charge < -0.3 is 5.32 Å². The molecule has 118 valence electrons. The van der Waals surface area contributed by atoms with Crippen LogP contribution in [0.3, 0.4) is 0 Å². The normalized spacial score (nSPS) is 16.0. The summed E-state index contributed by atoms with van der Waals surface area (Å²) in [6.45, 7) is 1.94. The Morgan fingerprint density at radius 2 is 1.96 bits per heavy atom. The van der Waals surface area contributed by atoms with Crippen molar-refractivity contribution >= 4 is 10.9 Å². The summed E-state index contributed by atoms with van der Waals surface area (Å²) < 4.78 is 3.37. The molecular formula is C15H16N6O2. The summed E-state index contributed by atoms with van der Waals surface area (Å²) >= 11 is 0. The molecule has 1 saturated heterocycles. The van der Waals surface area contributed by atoms with Crippen molar-refractivity contribution in [3.8, 4) is 5.69 Å². The van der Waals surface area contributed by atoms with Gasteiger partial charge in [0, 0.05) is 17.6 Å². The lowest BCUT2D eigenvalue weighted by Gasteiger charge is -2.23. The molecule has 0 saturated carbocycles. The highest BCUT2D eigenvalue weighted by atomic mass is 16.2. The smallest absolute Gasteiger partial charge is 0.317 e. The molecule has 1 aliphatic heterocycles. The zero-order valence-corrected chi connectivity index (χ0v) is 12.4.